The first kappa shape index (κ1) is 13.1. The van der Waals surface area contributed by atoms with Gasteiger partial charge in [-0.15, -0.1) is 0 Å². The number of fused-ring (bicyclic) bond motifs is 1. The zero-order valence-electron chi connectivity index (χ0n) is 11.4. The molecule has 3 heterocycles. The van der Waals surface area contributed by atoms with E-state index >= 15 is 0 Å². The Morgan fingerprint density at radius 1 is 1.45 bits per heavy atom. The minimum absolute atomic E-state index is 0.0813. The van der Waals surface area contributed by atoms with Crippen LogP contribution in [0.2, 0.25) is 0 Å². The third-order valence-electron chi connectivity index (χ3n) is 3.76. The standard InChI is InChI=1S/C14H17FN4O/c1-2-19-13-4-6-18(8-10(13)12(9-20)17-19)14-3-5-16-7-11(14)15/h3,5,7,20H,2,4,6,8-9H2,1H3. The zero-order chi connectivity index (χ0) is 14.1. The van der Waals surface area contributed by atoms with Crippen LogP contribution in [0.3, 0.4) is 0 Å². The average molecular weight is 276 g/mol. The molecular formula is C14H17FN4O. The van der Waals surface area contributed by atoms with Gasteiger partial charge in [-0.3, -0.25) is 9.67 Å². The summed E-state index contributed by atoms with van der Waals surface area (Å²) in [5, 5.41) is 13.8. The number of aromatic nitrogens is 3. The number of aliphatic hydroxyl groups is 1. The van der Waals surface area contributed by atoms with Crippen LogP contribution in [0.25, 0.3) is 0 Å². The Morgan fingerprint density at radius 3 is 3.00 bits per heavy atom. The molecule has 1 aliphatic rings. The first-order valence-corrected chi connectivity index (χ1v) is 6.77. The third-order valence-corrected chi connectivity index (χ3v) is 3.76. The van der Waals surface area contributed by atoms with E-state index in [-0.39, 0.29) is 12.4 Å². The van der Waals surface area contributed by atoms with E-state index in [2.05, 4.69) is 10.1 Å². The first-order valence-electron chi connectivity index (χ1n) is 6.77. The van der Waals surface area contributed by atoms with E-state index in [0.717, 1.165) is 30.8 Å². The van der Waals surface area contributed by atoms with Crippen LogP contribution >= 0.6 is 0 Å². The monoisotopic (exact) mass is 276 g/mol. The highest BCUT2D eigenvalue weighted by atomic mass is 19.1. The van der Waals surface area contributed by atoms with Crippen LogP contribution in [0.1, 0.15) is 23.9 Å². The van der Waals surface area contributed by atoms with Gasteiger partial charge in [0.25, 0.3) is 0 Å². The topological polar surface area (TPSA) is 54.2 Å². The van der Waals surface area contributed by atoms with Crippen molar-refractivity contribution in [3.63, 3.8) is 0 Å². The van der Waals surface area contributed by atoms with Gasteiger partial charge in [0.1, 0.15) is 0 Å². The molecule has 2 aromatic heterocycles. The summed E-state index contributed by atoms with van der Waals surface area (Å²) in [6.07, 6.45) is 3.63. The van der Waals surface area contributed by atoms with E-state index in [1.807, 2.05) is 16.5 Å². The van der Waals surface area contributed by atoms with E-state index in [1.165, 1.54) is 6.20 Å². The highest BCUT2D eigenvalue weighted by molar-refractivity contribution is 5.49. The summed E-state index contributed by atoms with van der Waals surface area (Å²) in [7, 11) is 0. The lowest BCUT2D eigenvalue weighted by Crippen LogP contribution is -2.32. The van der Waals surface area contributed by atoms with Crippen LogP contribution in [0, 0.1) is 5.82 Å². The highest BCUT2D eigenvalue weighted by Crippen LogP contribution is 2.28. The Kier molecular flexibility index (Phi) is 3.40. The summed E-state index contributed by atoms with van der Waals surface area (Å²) in [5.41, 5.74) is 3.43. The molecular weight excluding hydrogens is 259 g/mol. The third kappa shape index (κ3) is 2.06. The van der Waals surface area contributed by atoms with E-state index in [0.29, 0.717) is 17.9 Å². The van der Waals surface area contributed by atoms with E-state index < -0.39 is 0 Å². The van der Waals surface area contributed by atoms with Crippen molar-refractivity contribution in [1.82, 2.24) is 14.8 Å². The molecule has 2 aromatic rings. The molecule has 106 valence electrons. The molecule has 0 saturated heterocycles. The lowest BCUT2D eigenvalue weighted by molar-refractivity contribution is 0.274. The van der Waals surface area contributed by atoms with Gasteiger partial charge in [-0.05, 0) is 13.0 Å². The van der Waals surface area contributed by atoms with Crippen LogP contribution in [-0.2, 0) is 26.1 Å². The molecule has 0 atom stereocenters. The maximum atomic E-state index is 13.8. The number of aryl methyl sites for hydroxylation is 1. The van der Waals surface area contributed by atoms with Crippen LogP contribution in [0.5, 0.6) is 0 Å². The van der Waals surface area contributed by atoms with Gasteiger partial charge in [0.15, 0.2) is 5.82 Å². The SMILES string of the molecule is CCn1nc(CO)c2c1CCN(c1ccncc1F)C2. The minimum Gasteiger partial charge on any atom is -0.390 e. The number of rotatable bonds is 3. The van der Waals surface area contributed by atoms with Gasteiger partial charge in [0, 0.05) is 43.5 Å². The molecule has 3 rings (SSSR count). The molecule has 0 spiro atoms. The quantitative estimate of drug-likeness (QED) is 0.923. The van der Waals surface area contributed by atoms with Crippen LogP contribution < -0.4 is 4.90 Å². The molecule has 0 aromatic carbocycles. The van der Waals surface area contributed by atoms with Crippen molar-refractivity contribution < 1.29 is 9.50 Å². The second kappa shape index (κ2) is 5.20. The van der Waals surface area contributed by atoms with Crippen molar-refractivity contribution in [3.05, 3.63) is 41.2 Å². The second-order valence-corrected chi connectivity index (χ2v) is 4.84. The maximum Gasteiger partial charge on any atom is 0.164 e. The number of hydrogen-bond acceptors (Lipinski definition) is 4. The van der Waals surface area contributed by atoms with Gasteiger partial charge in [-0.2, -0.15) is 5.10 Å². The van der Waals surface area contributed by atoms with Crippen molar-refractivity contribution in [1.29, 1.82) is 0 Å². The normalized spacial score (nSPS) is 14.4. The van der Waals surface area contributed by atoms with Crippen molar-refractivity contribution in [3.8, 4) is 0 Å². The van der Waals surface area contributed by atoms with E-state index in [9.17, 15) is 9.50 Å². The van der Waals surface area contributed by atoms with Crippen LogP contribution in [-0.4, -0.2) is 26.4 Å². The van der Waals surface area contributed by atoms with E-state index in [4.69, 9.17) is 0 Å². The summed E-state index contributed by atoms with van der Waals surface area (Å²) < 4.78 is 15.8. The van der Waals surface area contributed by atoms with Crippen LogP contribution in [0.15, 0.2) is 18.5 Å². The molecule has 0 radical (unpaired) electrons. The summed E-state index contributed by atoms with van der Waals surface area (Å²) >= 11 is 0. The molecule has 0 amide bonds. The Hall–Kier alpha value is -1.95. The lowest BCUT2D eigenvalue weighted by atomic mass is 10.0. The van der Waals surface area contributed by atoms with Gasteiger partial charge in [-0.25, -0.2) is 4.39 Å². The summed E-state index contributed by atoms with van der Waals surface area (Å²) in [6, 6.07) is 1.68. The maximum absolute atomic E-state index is 13.8. The van der Waals surface area contributed by atoms with E-state index in [1.54, 1.807) is 12.3 Å². The Labute approximate surface area is 116 Å². The van der Waals surface area contributed by atoms with Crippen molar-refractivity contribution >= 4 is 5.69 Å². The Balaban J connectivity index is 1.96. The molecule has 5 nitrogen and oxygen atoms in total. The smallest absolute Gasteiger partial charge is 0.164 e. The van der Waals surface area contributed by atoms with Crippen molar-refractivity contribution in [2.45, 2.75) is 33.0 Å². The van der Waals surface area contributed by atoms with Crippen LogP contribution in [0.4, 0.5) is 10.1 Å². The van der Waals surface area contributed by atoms with Gasteiger partial charge in [-0.1, -0.05) is 0 Å². The summed E-state index contributed by atoms with van der Waals surface area (Å²) in [6.45, 7) is 4.05. The Morgan fingerprint density at radius 2 is 2.30 bits per heavy atom. The number of nitrogens with zero attached hydrogens (tertiary/aromatic N) is 4. The number of halogens is 1. The molecule has 0 fully saturated rings. The second-order valence-electron chi connectivity index (χ2n) is 4.84. The van der Waals surface area contributed by atoms with Crippen molar-refractivity contribution in [2.75, 3.05) is 11.4 Å². The lowest BCUT2D eigenvalue weighted by Gasteiger charge is -2.29. The zero-order valence-corrected chi connectivity index (χ0v) is 11.4. The minimum atomic E-state index is -0.315. The molecule has 6 heteroatoms. The molecule has 20 heavy (non-hydrogen) atoms. The summed E-state index contributed by atoms with van der Waals surface area (Å²) in [4.78, 5) is 5.75. The fourth-order valence-corrected chi connectivity index (χ4v) is 2.78. The summed E-state index contributed by atoms with van der Waals surface area (Å²) in [5.74, 6) is -0.315. The fraction of sp³-hybridized carbons (Fsp3) is 0.429. The molecule has 1 aliphatic heterocycles. The van der Waals surface area contributed by atoms with Crippen molar-refractivity contribution in [2.24, 2.45) is 0 Å². The number of hydrogen-bond donors (Lipinski definition) is 1. The largest absolute Gasteiger partial charge is 0.390 e. The van der Waals surface area contributed by atoms with Gasteiger partial charge < -0.3 is 10.0 Å². The fourth-order valence-electron chi connectivity index (χ4n) is 2.78. The predicted molar refractivity (Wildman–Crippen MR) is 72.8 cm³/mol. The average Bonchev–Trinajstić information content (AvgIpc) is 2.85. The number of pyridine rings is 1. The number of aliphatic hydroxyl groups excluding tert-OH is 1. The molecule has 0 saturated carbocycles. The molecule has 0 unspecified atom stereocenters. The van der Waals surface area contributed by atoms with Gasteiger partial charge in [0.2, 0.25) is 0 Å². The predicted octanol–water partition coefficient (Wildman–Crippen LogP) is 1.49. The highest BCUT2D eigenvalue weighted by Gasteiger charge is 2.25. The number of anilines is 1. The molecule has 1 N–H and O–H groups in total. The van der Waals surface area contributed by atoms with Gasteiger partial charge in [0.05, 0.1) is 24.2 Å². The molecule has 0 aliphatic carbocycles. The first-order chi connectivity index (χ1) is 9.74. The van der Waals surface area contributed by atoms with Gasteiger partial charge >= 0.3 is 0 Å². The molecule has 0 bridgehead atoms. The Bertz CT molecular complexity index is 626.